The number of anilines is 1. The van der Waals surface area contributed by atoms with Crippen LogP contribution in [0.25, 0.3) is 11.0 Å². The Balaban J connectivity index is 1.86. The Labute approximate surface area is 161 Å². The molecule has 2 fully saturated rings. The molecule has 1 aliphatic heterocycles. The molecule has 0 aromatic carbocycles. The molecule has 4 rings (SSSR count). The van der Waals surface area contributed by atoms with Gasteiger partial charge in [-0.2, -0.15) is 4.98 Å². The van der Waals surface area contributed by atoms with E-state index in [0.717, 1.165) is 32.4 Å². The molecule has 0 radical (unpaired) electrons. The van der Waals surface area contributed by atoms with Gasteiger partial charge in [-0.15, -0.1) is 0 Å². The molecule has 1 saturated heterocycles. The number of fused-ring (bicyclic) bond motifs is 1. The number of piperidine rings is 1. The molecule has 2 atom stereocenters. The zero-order valence-electron chi connectivity index (χ0n) is 15.8. The minimum absolute atomic E-state index is 0.0858. The highest BCUT2D eigenvalue weighted by Crippen LogP contribution is 2.40. The van der Waals surface area contributed by atoms with Crippen LogP contribution in [0.4, 0.5) is 14.7 Å². The van der Waals surface area contributed by atoms with Crippen LogP contribution in [0.2, 0.25) is 0 Å². The Morgan fingerprint density at radius 3 is 2.68 bits per heavy atom. The van der Waals surface area contributed by atoms with Crippen LogP contribution in [0, 0.1) is 0 Å². The molecule has 0 unspecified atom stereocenters. The van der Waals surface area contributed by atoms with Gasteiger partial charge in [0.05, 0.1) is 11.6 Å². The Bertz CT molecular complexity index is 924. The number of halogens is 2. The average Bonchev–Trinajstić information content (AvgIpc) is 3.00. The molecule has 28 heavy (non-hydrogen) atoms. The monoisotopic (exact) mass is 393 g/mol. The van der Waals surface area contributed by atoms with Gasteiger partial charge in [-0.1, -0.05) is 0 Å². The molecule has 3 N–H and O–H groups in total. The smallest absolute Gasteiger partial charge is 0.281 e. The molecule has 0 amide bonds. The topological polar surface area (TPSA) is 92.1 Å². The van der Waals surface area contributed by atoms with Crippen LogP contribution >= 0.6 is 0 Å². The first-order valence-corrected chi connectivity index (χ1v) is 9.78. The number of alkyl halides is 2. The number of pyridine rings is 1. The maximum atomic E-state index is 13.8. The van der Waals surface area contributed by atoms with Gasteiger partial charge < -0.3 is 15.7 Å². The number of hydrogen-bond acceptors (Lipinski definition) is 6. The number of aromatic nitrogens is 3. The molecular weight excluding hydrogens is 368 g/mol. The van der Waals surface area contributed by atoms with E-state index in [4.69, 9.17) is 0 Å². The molecule has 152 valence electrons. The van der Waals surface area contributed by atoms with Crippen LogP contribution in [0.5, 0.6) is 0 Å². The van der Waals surface area contributed by atoms with Crippen molar-refractivity contribution in [3.05, 3.63) is 28.2 Å². The Kier molecular flexibility index (Phi) is 5.05. The van der Waals surface area contributed by atoms with Gasteiger partial charge in [-0.05, 0) is 58.2 Å². The van der Waals surface area contributed by atoms with Crippen LogP contribution in [0.15, 0.2) is 16.9 Å². The zero-order chi connectivity index (χ0) is 19.9. The lowest BCUT2D eigenvalue weighted by atomic mass is 10.00. The second-order valence-electron chi connectivity index (χ2n) is 7.95. The normalized spacial score (nSPS) is 26.2. The van der Waals surface area contributed by atoms with Crippen molar-refractivity contribution in [2.24, 2.45) is 0 Å². The third kappa shape index (κ3) is 3.48. The zero-order valence-corrected chi connectivity index (χ0v) is 15.8. The molecule has 9 heteroatoms. The van der Waals surface area contributed by atoms with Crippen LogP contribution in [-0.4, -0.2) is 44.4 Å². The first-order valence-electron chi connectivity index (χ1n) is 9.78. The van der Waals surface area contributed by atoms with Crippen molar-refractivity contribution >= 4 is 17.0 Å². The van der Waals surface area contributed by atoms with Crippen molar-refractivity contribution in [3.8, 4) is 0 Å². The van der Waals surface area contributed by atoms with Gasteiger partial charge >= 0.3 is 0 Å². The minimum Gasteiger partial charge on any atom is -0.388 e. The van der Waals surface area contributed by atoms with Crippen LogP contribution in [-0.2, 0) is 0 Å². The summed E-state index contributed by atoms with van der Waals surface area (Å²) in [5, 5.41) is 17.3. The molecular formula is C19H25F2N5O2. The van der Waals surface area contributed by atoms with E-state index in [1.54, 1.807) is 6.92 Å². The lowest BCUT2D eigenvalue weighted by molar-refractivity contribution is 0.0266. The predicted octanol–water partition coefficient (Wildman–Crippen LogP) is 2.37. The molecule has 0 bridgehead atoms. The summed E-state index contributed by atoms with van der Waals surface area (Å²) >= 11 is 0. The third-order valence-electron chi connectivity index (χ3n) is 5.88. The highest BCUT2D eigenvalue weighted by Gasteiger charge is 2.39. The number of nitrogens with zero attached hydrogens (tertiary/aromatic N) is 3. The van der Waals surface area contributed by atoms with Crippen molar-refractivity contribution in [2.75, 3.05) is 18.4 Å². The molecule has 1 aliphatic carbocycles. The van der Waals surface area contributed by atoms with Crippen molar-refractivity contribution in [2.45, 2.75) is 63.1 Å². The average molecular weight is 393 g/mol. The maximum Gasteiger partial charge on any atom is 0.281 e. The number of hydrogen-bond donors (Lipinski definition) is 3. The number of aliphatic hydroxyl groups is 1. The molecule has 2 aromatic heterocycles. The molecule has 7 nitrogen and oxygen atoms in total. The maximum absolute atomic E-state index is 13.8. The lowest BCUT2D eigenvalue weighted by Crippen LogP contribution is -2.38. The number of nitrogens with one attached hydrogen (secondary N) is 2. The quantitative estimate of drug-likeness (QED) is 0.739. The van der Waals surface area contributed by atoms with Gasteiger partial charge in [0.25, 0.3) is 12.0 Å². The van der Waals surface area contributed by atoms with Crippen LogP contribution < -0.4 is 16.2 Å². The van der Waals surface area contributed by atoms with Gasteiger partial charge in [0.1, 0.15) is 11.3 Å². The molecule has 2 aromatic rings. The van der Waals surface area contributed by atoms with Crippen molar-refractivity contribution in [3.63, 3.8) is 0 Å². The Morgan fingerprint density at radius 2 is 2.04 bits per heavy atom. The van der Waals surface area contributed by atoms with Crippen molar-refractivity contribution in [1.82, 2.24) is 19.9 Å². The summed E-state index contributed by atoms with van der Waals surface area (Å²) in [6.07, 6.45) is 0.779. The summed E-state index contributed by atoms with van der Waals surface area (Å²) in [5.74, 6) is 0.103. The molecule has 1 saturated carbocycles. The fourth-order valence-corrected chi connectivity index (χ4v) is 4.38. The third-order valence-corrected chi connectivity index (χ3v) is 5.88. The lowest BCUT2D eigenvalue weighted by Gasteiger charge is -2.29. The summed E-state index contributed by atoms with van der Waals surface area (Å²) in [6.45, 7) is 3.35. The fraction of sp³-hybridized carbons (Fsp3) is 0.632. The standard InChI is InChI=1S/C19H25F2N5O2/c1-19(28)8-2-3-13(19)26-14(27)5-4-12-15(16(20)21)24-18(25-17(12)26)23-11-6-9-22-10-7-11/h4-5,11,13,16,22,28H,2-3,6-10H2,1H3,(H,23,24,25)/t13-,19-/m1/s1. The van der Waals surface area contributed by atoms with Crippen LogP contribution in [0.1, 0.15) is 57.2 Å². The van der Waals surface area contributed by atoms with E-state index in [-0.39, 0.29) is 28.6 Å². The largest absolute Gasteiger partial charge is 0.388 e. The van der Waals surface area contributed by atoms with E-state index >= 15 is 0 Å². The Morgan fingerprint density at radius 1 is 1.29 bits per heavy atom. The van der Waals surface area contributed by atoms with Gasteiger partial charge in [0.15, 0.2) is 0 Å². The highest BCUT2D eigenvalue weighted by molar-refractivity contribution is 5.79. The van der Waals surface area contributed by atoms with E-state index in [9.17, 15) is 18.7 Å². The second kappa shape index (κ2) is 7.36. The van der Waals surface area contributed by atoms with Gasteiger partial charge in [0, 0.05) is 17.5 Å². The first kappa shape index (κ1) is 19.2. The van der Waals surface area contributed by atoms with Gasteiger partial charge in [-0.3, -0.25) is 9.36 Å². The van der Waals surface area contributed by atoms with E-state index in [2.05, 4.69) is 20.6 Å². The molecule has 2 aliphatic rings. The van der Waals surface area contributed by atoms with E-state index < -0.39 is 23.8 Å². The molecule has 3 heterocycles. The molecule has 0 spiro atoms. The fourth-order valence-electron chi connectivity index (χ4n) is 4.38. The number of rotatable bonds is 4. The Hall–Kier alpha value is -2.13. The second-order valence-corrected chi connectivity index (χ2v) is 7.95. The SMILES string of the molecule is C[C@@]1(O)CCC[C@H]1n1c(=O)ccc2c(C(F)F)nc(NC3CCNCC3)nc21. The van der Waals surface area contributed by atoms with Crippen molar-refractivity contribution < 1.29 is 13.9 Å². The summed E-state index contributed by atoms with van der Waals surface area (Å²) in [5.41, 5.74) is -1.68. The predicted molar refractivity (Wildman–Crippen MR) is 102 cm³/mol. The summed E-state index contributed by atoms with van der Waals surface area (Å²) in [7, 11) is 0. The summed E-state index contributed by atoms with van der Waals surface area (Å²) in [6, 6.07) is 2.19. The highest BCUT2D eigenvalue weighted by atomic mass is 19.3. The van der Waals surface area contributed by atoms with E-state index in [1.165, 1.54) is 16.7 Å². The van der Waals surface area contributed by atoms with Gasteiger partial charge in [-0.25, -0.2) is 13.8 Å². The van der Waals surface area contributed by atoms with Gasteiger partial charge in [0.2, 0.25) is 5.95 Å². The van der Waals surface area contributed by atoms with E-state index in [1.807, 2.05) is 0 Å². The minimum atomic E-state index is -2.80. The first-order chi connectivity index (χ1) is 13.4. The van der Waals surface area contributed by atoms with E-state index in [0.29, 0.717) is 12.8 Å². The van der Waals surface area contributed by atoms with Crippen molar-refractivity contribution in [1.29, 1.82) is 0 Å². The van der Waals surface area contributed by atoms with Crippen LogP contribution in [0.3, 0.4) is 0 Å². The summed E-state index contributed by atoms with van der Waals surface area (Å²) in [4.78, 5) is 21.2. The summed E-state index contributed by atoms with van der Waals surface area (Å²) < 4.78 is 28.9.